The number of nitrogen functional groups attached to an aromatic ring is 1. The molecule has 0 bridgehead atoms. The van der Waals surface area contributed by atoms with E-state index >= 15 is 0 Å². The molecular formula is C20H22ClF3N6O3. The van der Waals surface area contributed by atoms with Gasteiger partial charge in [0.15, 0.2) is 0 Å². The van der Waals surface area contributed by atoms with Crippen LogP contribution in [0.3, 0.4) is 0 Å². The van der Waals surface area contributed by atoms with Gasteiger partial charge in [-0.25, -0.2) is 4.98 Å². The number of aromatic nitrogens is 3. The smallest absolute Gasteiger partial charge is 0.405 e. The highest BCUT2D eigenvalue weighted by Crippen LogP contribution is 2.42. The number of ether oxygens (including phenoxy) is 2. The van der Waals surface area contributed by atoms with E-state index in [4.69, 9.17) is 22.1 Å². The zero-order chi connectivity index (χ0) is 23.9. The Balaban J connectivity index is 1.60. The molecule has 2 aliphatic heterocycles. The fraction of sp³-hybridized carbons (Fsp3) is 0.500. The first-order valence-electron chi connectivity index (χ1n) is 10.2. The maximum absolute atomic E-state index is 12.9. The number of anilines is 2. The normalized spacial score (nSPS) is 18.1. The number of pyridine rings is 1. The van der Waals surface area contributed by atoms with Crippen LogP contribution in [0.15, 0.2) is 6.20 Å². The summed E-state index contributed by atoms with van der Waals surface area (Å²) in [5.74, 6) is -0.400. The summed E-state index contributed by atoms with van der Waals surface area (Å²) in [7, 11) is 0. The van der Waals surface area contributed by atoms with E-state index in [2.05, 4.69) is 25.0 Å². The molecule has 0 radical (unpaired) electrons. The van der Waals surface area contributed by atoms with Crippen molar-refractivity contribution < 1.29 is 27.4 Å². The summed E-state index contributed by atoms with van der Waals surface area (Å²) in [5, 5.41) is 3.03. The first kappa shape index (κ1) is 23.3. The first-order valence-corrected chi connectivity index (χ1v) is 10.6. The van der Waals surface area contributed by atoms with Gasteiger partial charge in [0.25, 0.3) is 0 Å². The Morgan fingerprint density at radius 1 is 1.36 bits per heavy atom. The third kappa shape index (κ3) is 5.06. The van der Waals surface area contributed by atoms with Gasteiger partial charge in [0.05, 0.1) is 31.5 Å². The van der Waals surface area contributed by atoms with Crippen molar-refractivity contribution in [1.29, 1.82) is 0 Å². The topological polar surface area (TPSA) is 115 Å². The Hall–Kier alpha value is -2.86. The number of nitrogens with one attached hydrogen (secondary N) is 1. The van der Waals surface area contributed by atoms with Gasteiger partial charge in [-0.1, -0.05) is 11.6 Å². The van der Waals surface area contributed by atoms with Gasteiger partial charge in [0.2, 0.25) is 11.9 Å². The van der Waals surface area contributed by atoms with Crippen molar-refractivity contribution in [3.63, 3.8) is 0 Å². The Morgan fingerprint density at radius 2 is 2.09 bits per heavy atom. The molecule has 1 fully saturated rings. The highest BCUT2D eigenvalue weighted by molar-refractivity contribution is 6.30. The number of alkyl halides is 3. The molecule has 33 heavy (non-hydrogen) atoms. The third-order valence-electron chi connectivity index (χ3n) is 5.58. The predicted octanol–water partition coefficient (Wildman–Crippen LogP) is 2.63. The van der Waals surface area contributed by atoms with Crippen LogP contribution in [0.5, 0.6) is 5.75 Å². The standard InChI is InChI=1S/C20H22ClF3N6O3/c1-9-4-26-13(10(2)16(9)33-20(22,23)24)6-30-5-11(3-14(31)27-12-7-32-8-12)15-17(21)28-19(25)29-18(15)30/h4,11-12H,3,5-8H2,1-2H3,(H,27,31)(H2,25,28,29). The van der Waals surface area contributed by atoms with Gasteiger partial charge < -0.3 is 25.4 Å². The molecule has 1 atom stereocenters. The minimum Gasteiger partial charge on any atom is -0.405 e. The molecule has 1 saturated heterocycles. The Labute approximate surface area is 192 Å². The van der Waals surface area contributed by atoms with Crippen LogP contribution in [0.1, 0.15) is 34.7 Å². The molecule has 1 amide bonds. The van der Waals surface area contributed by atoms with Crippen LogP contribution in [0.2, 0.25) is 5.15 Å². The lowest BCUT2D eigenvalue weighted by molar-refractivity contribution is -0.275. The molecule has 13 heteroatoms. The molecule has 3 N–H and O–H groups in total. The Morgan fingerprint density at radius 3 is 2.73 bits per heavy atom. The molecule has 4 rings (SSSR count). The maximum Gasteiger partial charge on any atom is 0.573 e. The number of rotatable bonds is 6. The zero-order valence-electron chi connectivity index (χ0n) is 17.9. The fourth-order valence-electron chi connectivity index (χ4n) is 3.99. The molecule has 2 aromatic rings. The van der Waals surface area contributed by atoms with Crippen LogP contribution in [-0.4, -0.2) is 53.0 Å². The molecule has 0 aromatic carbocycles. The van der Waals surface area contributed by atoms with Gasteiger partial charge in [0, 0.05) is 41.8 Å². The average molecular weight is 487 g/mol. The highest BCUT2D eigenvalue weighted by Gasteiger charge is 2.37. The van der Waals surface area contributed by atoms with Crippen LogP contribution < -0.4 is 20.7 Å². The number of carbonyl (C=O) groups excluding carboxylic acids is 1. The SMILES string of the molecule is Cc1cnc(CN2CC(CC(=O)NC3COC3)c3c(Cl)nc(N)nc32)c(C)c1OC(F)(F)F. The average Bonchev–Trinajstić information content (AvgIpc) is 3.00. The monoisotopic (exact) mass is 486 g/mol. The second kappa shape index (κ2) is 8.82. The fourth-order valence-corrected chi connectivity index (χ4v) is 4.31. The van der Waals surface area contributed by atoms with Crippen molar-refractivity contribution in [2.45, 2.75) is 45.1 Å². The van der Waals surface area contributed by atoms with Gasteiger partial charge in [-0.05, 0) is 13.8 Å². The van der Waals surface area contributed by atoms with E-state index in [-0.39, 0.29) is 58.8 Å². The van der Waals surface area contributed by atoms with Crippen molar-refractivity contribution in [1.82, 2.24) is 20.3 Å². The highest BCUT2D eigenvalue weighted by atomic mass is 35.5. The Kier molecular flexibility index (Phi) is 6.23. The number of hydrogen-bond donors (Lipinski definition) is 2. The number of halogens is 4. The summed E-state index contributed by atoms with van der Waals surface area (Å²) in [6.45, 7) is 4.41. The molecule has 9 nitrogen and oxygen atoms in total. The van der Waals surface area contributed by atoms with Crippen LogP contribution in [0, 0.1) is 13.8 Å². The summed E-state index contributed by atoms with van der Waals surface area (Å²) < 4.78 is 47.9. The van der Waals surface area contributed by atoms with E-state index in [1.165, 1.54) is 20.0 Å². The van der Waals surface area contributed by atoms with Crippen LogP contribution >= 0.6 is 11.6 Å². The minimum absolute atomic E-state index is 0.0147. The number of nitrogens with two attached hydrogens (primary N) is 1. The third-order valence-corrected chi connectivity index (χ3v) is 5.87. The molecule has 2 aromatic heterocycles. The summed E-state index contributed by atoms with van der Waals surface area (Å²) >= 11 is 6.35. The van der Waals surface area contributed by atoms with Gasteiger partial charge in [0.1, 0.15) is 16.7 Å². The molecule has 0 aliphatic carbocycles. The molecular weight excluding hydrogens is 465 g/mol. The van der Waals surface area contributed by atoms with Gasteiger partial charge in [-0.3, -0.25) is 9.78 Å². The summed E-state index contributed by atoms with van der Waals surface area (Å²) in [4.78, 5) is 26.9. The van der Waals surface area contributed by atoms with Gasteiger partial charge in [-0.15, -0.1) is 13.2 Å². The van der Waals surface area contributed by atoms with Crippen molar-refractivity contribution in [2.24, 2.45) is 0 Å². The van der Waals surface area contributed by atoms with Crippen molar-refractivity contribution in [3.05, 3.63) is 33.7 Å². The molecule has 0 spiro atoms. The summed E-state index contributed by atoms with van der Waals surface area (Å²) in [5.41, 5.74) is 7.25. The second-order valence-electron chi connectivity index (χ2n) is 8.08. The number of fused-ring (bicyclic) bond motifs is 1. The lowest BCUT2D eigenvalue weighted by Crippen LogP contribution is -2.48. The molecule has 178 valence electrons. The van der Waals surface area contributed by atoms with Crippen LogP contribution in [-0.2, 0) is 16.1 Å². The van der Waals surface area contributed by atoms with Crippen molar-refractivity contribution in [3.8, 4) is 5.75 Å². The van der Waals surface area contributed by atoms with Crippen molar-refractivity contribution in [2.75, 3.05) is 30.4 Å². The van der Waals surface area contributed by atoms with Crippen LogP contribution in [0.25, 0.3) is 0 Å². The van der Waals surface area contributed by atoms with E-state index in [0.29, 0.717) is 36.8 Å². The largest absolute Gasteiger partial charge is 0.573 e. The quantitative estimate of drug-likeness (QED) is 0.599. The van der Waals surface area contributed by atoms with Crippen LogP contribution in [0.4, 0.5) is 24.9 Å². The first-order chi connectivity index (χ1) is 15.5. The molecule has 2 aliphatic rings. The van der Waals surface area contributed by atoms with E-state index < -0.39 is 6.36 Å². The zero-order valence-corrected chi connectivity index (χ0v) is 18.6. The van der Waals surface area contributed by atoms with E-state index in [1.807, 2.05) is 0 Å². The predicted molar refractivity (Wildman–Crippen MR) is 113 cm³/mol. The number of nitrogens with zero attached hydrogens (tertiary/aromatic N) is 4. The molecule has 1 unspecified atom stereocenters. The summed E-state index contributed by atoms with van der Waals surface area (Å²) in [6.07, 6.45) is -3.36. The number of aryl methyl sites for hydroxylation is 1. The molecule has 0 saturated carbocycles. The minimum atomic E-state index is -4.83. The van der Waals surface area contributed by atoms with Gasteiger partial charge in [-0.2, -0.15) is 4.98 Å². The van der Waals surface area contributed by atoms with Gasteiger partial charge >= 0.3 is 6.36 Å². The van der Waals surface area contributed by atoms with E-state index in [1.54, 1.807) is 4.90 Å². The lowest BCUT2D eigenvalue weighted by Gasteiger charge is -2.27. The summed E-state index contributed by atoms with van der Waals surface area (Å²) in [6, 6.07) is -0.0147. The molecule has 4 heterocycles. The lowest BCUT2D eigenvalue weighted by atomic mass is 10.00. The maximum atomic E-state index is 12.9. The number of hydrogen-bond acceptors (Lipinski definition) is 8. The number of carbonyl (C=O) groups is 1. The Bertz CT molecular complexity index is 1080. The van der Waals surface area contributed by atoms with E-state index in [9.17, 15) is 18.0 Å². The number of amides is 1. The second-order valence-corrected chi connectivity index (χ2v) is 8.44. The van der Waals surface area contributed by atoms with E-state index in [0.717, 1.165) is 0 Å². The van der Waals surface area contributed by atoms with Crippen molar-refractivity contribution >= 4 is 29.3 Å².